The molecule has 0 amide bonds. The molecule has 0 aromatic rings. The van der Waals surface area contributed by atoms with Gasteiger partial charge in [-0.2, -0.15) is 0 Å². The second-order valence-electron chi connectivity index (χ2n) is 3.69. The molecule has 1 atom stereocenters. The second-order valence-corrected chi connectivity index (χ2v) is 3.69. The minimum Gasteiger partial charge on any atom is -0.311 e. The van der Waals surface area contributed by atoms with E-state index in [4.69, 9.17) is 0 Å². The lowest BCUT2D eigenvalue weighted by Gasteiger charge is -2.20. The average Bonchev–Trinajstić information content (AvgIpc) is 2.03. The smallest absolute Gasteiger partial charge is 0.0250 e. The highest BCUT2D eigenvalue weighted by Gasteiger charge is 2.07. The Morgan fingerprint density at radius 1 is 1.36 bits per heavy atom. The highest BCUT2D eigenvalue weighted by atomic mass is 14.9. The zero-order valence-electron chi connectivity index (χ0n) is 7.64. The fraction of sp³-hybridized carbons (Fsp3) is 0.800. The van der Waals surface area contributed by atoms with Gasteiger partial charge in [0.1, 0.15) is 0 Å². The van der Waals surface area contributed by atoms with Crippen molar-refractivity contribution in [3.63, 3.8) is 0 Å². The Balaban J connectivity index is 2.23. The molecule has 1 N–H and O–H groups in total. The maximum absolute atomic E-state index is 3.49. The lowest BCUT2D eigenvalue weighted by atomic mass is 10.0. The number of nitrogens with one attached hydrogen (secondary N) is 1. The molecular weight excluding hydrogens is 134 g/mol. The molecule has 1 heterocycles. The van der Waals surface area contributed by atoms with Crippen LogP contribution in [0.3, 0.4) is 0 Å². The summed E-state index contributed by atoms with van der Waals surface area (Å²) in [4.78, 5) is 0. The van der Waals surface area contributed by atoms with Crippen LogP contribution in [0.25, 0.3) is 0 Å². The molecule has 0 saturated carbocycles. The summed E-state index contributed by atoms with van der Waals surface area (Å²) in [6, 6.07) is 0.658. The van der Waals surface area contributed by atoms with Gasteiger partial charge in [-0.05, 0) is 25.3 Å². The van der Waals surface area contributed by atoms with Crippen molar-refractivity contribution in [1.82, 2.24) is 5.32 Å². The Kier molecular flexibility index (Phi) is 3.64. The first-order chi connectivity index (χ1) is 5.29. The largest absolute Gasteiger partial charge is 0.311 e. The third kappa shape index (κ3) is 3.57. The molecule has 1 fully saturated rings. The van der Waals surface area contributed by atoms with Crippen molar-refractivity contribution in [3.05, 3.63) is 12.2 Å². The standard InChI is InChI=1S/C10H19N/c1-9(2)6-7-10-5-3-4-8-11-10/h6-7,9-11H,3-5,8H2,1-2H3/b7-6-. The predicted molar refractivity (Wildman–Crippen MR) is 49.6 cm³/mol. The molecule has 0 aromatic carbocycles. The minimum absolute atomic E-state index is 0.658. The van der Waals surface area contributed by atoms with E-state index >= 15 is 0 Å². The van der Waals surface area contributed by atoms with Crippen molar-refractivity contribution < 1.29 is 0 Å². The lowest BCUT2D eigenvalue weighted by molar-refractivity contribution is 0.453. The molecule has 0 aromatic heterocycles. The number of piperidine rings is 1. The molecule has 1 saturated heterocycles. The molecule has 1 nitrogen and oxygen atoms in total. The summed E-state index contributed by atoms with van der Waals surface area (Å²) < 4.78 is 0. The van der Waals surface area contributed by atoms with E-state index in [1.807, 2.05) is 0 Å². The highest BCUT2D eigenvalue weighted by molar-refractivity contribution is 4.95. The maximum atomic E-state index is 3.49. The first-order valence-electron chi connectivity index (χ1n) is 4.71. The zero-order chi connectivity index (χ0) is 8.10. The first kappa shape index (κ1) is 8.79. The van der Waals surface area contributed by atoms with E-state index in [0.29, 0.717) is 12.0 Å². The van der Waals surface area contributed by atoms with Gasteiger partial charge >= 0.3 is 0 Å². The van der Waals surface area contributed by atoms with Crippen LogP contribution in [0.1, 0.15) is 33.1 Å². The molecule has 1 rings (SSSR count). The van der Waals surface area contributed by atoms with Crippen LogP contribution in [0.4, 0.5) is 0 Å². The molecule has 0 bridgehead atoms. The van der Waals surface area contributed by atoms with Crippen LogP contribution in [0, 0.1) is 5.92 Å². The van der Waals surface area contributed by atoms with E-state index < -0.39 is 0 Å². The molecule has 1 aliphatic heterocycles. The Labute approximate surface area is 69.9 Å². The number of allylic oxidation sites excluding steroid dienone is 1. The van der Waals surface area contributed by atoms with Gasteiger partial charge in [-0.15, -0.1) is 0 Å². The molecule has 0 radical (unpaired) electrons. The van der Waals surface area contributed by atoms with Crippen LogP contribution < -0.4 is 5.32 Å². The van der Waals surface area contributed by atoms with Gasteiger partial charge in [0.05, 0.1) is 0 Å². The summed E-state index contributed by atoms with van der Waals surface area (Å²) >= 11 is 0. The zero-order valence-corrected chi connectivity index (χ0v) is 7.64. The number of hydrogen-bond acceptors (Lipinski definition) is 1. The summed E-state index contributed by atoms with van der Waals surface area (Å²) in [7, 11) is 0. The second kappa shape index (κ2) is 4.55. The molecule has 11 heavy (non-hydrogen) atoms. The van der Waals surface area contributed by atoms with E-state index in [-0.39, 0.29) is 0 Å². The predicted octanol–water partition coefficient (Wildman–Crippen LogP) is 2.34. The van der Waals surface area contributed by atoms with Gasteiger partial charge in [0.15, 0.2) is 0 Å². The summed E-state index contributed by atoms with van der Waals surface area (Å²) in [6.45, 7) is 5.64. The Morgan fingerprint density at radius 3 is 2.73 bits per heavy atom. The summed E-state index contributed by atoms with van der Waals surface area (Å²) in [5.41, 5.74) is 0. The summed E-state index contributed by atoms with van der Waals surface area (Å²) in [5.74, 6) is 0.693. The molecule has 1 aliphatic rings. The van der Waals surface area contributed by atoms with E-state index in [1.54, 1.807) is 0 Å². The van der Waals surface area contributed by atoms with E-state index in [0.717, 1.165) is 0 Å². The lowest BCUT2D eigenvalue weighted by Crippen LogP contribution is -2.32. The quantitative estimate of drug-likeness (QED) is 0.600. The minimum atomic E-state index is 0.658. The van der Waals surface area contributed by atoms with E-state index in [2.05, 4.69) is 31.3 Å². The van der Waals surface area contributed by atoms with Gasteiger partial charge in [-0.25, -0.2) is 0 Å². The number of rotatable bonds is 2. The molecule has 0 spiro atoms. The van der Waals surface area contributed by atoms with Crippen LogP contribution >= 0.6 is 0 Å². The Morgan fingerprint density at radius 2 is 2.18 bits per heavy atom. The summed E-state index contributed by atoms with van der Waals surface area (Å²) in [5, 5.41) is 3.49. The third-order valence-electron chi connectivity index (χ3n) is 2.08. The van der Waals surface area contributed by atoms with Crippen LogP contribution in [0.5, 0.6) is 0 Å². The fourth-order valence-corrected chi connectivity index (χ4v) is 1.40. The maximum Gasteiger partial charge on any atom is 0.0250 e. The summed E-state index contributed by atoms with van der Waals surface area (Å²) in [6.07, 6.45) is 8.68. The van der Waals surface area contributed by atoms with Gasteiger partial charge in [0.2, 0.25) is 0 Å². The van der Waals surface area contributed by atoms with Crippen LogP contribution in [-0.4, -0.2) is 12.6 Å². The Bertz CT molecular complexity index is 121. The van der Waals surface area contributed by atoms with Gasteiger partial charge in [-0.1, -0.05) is 32.4 Å². The van der Waals surface area contributed by atoms with E-state index in [1.165, 1.54) is 25.8 Å². The van der Waals surface area contributed by atoms with Gasteiger partial charge in [0.25, 0.3) is 0 Å². The SMILES string of the molecule is CC(C)/C=C\C1CCCCN1. The van der Waals surface area contributed by atoms with Crippen molar-refractivity contribution in [2.75, 3.05) is 6.54 Å². The third-order valence-corrected chi connectivity index (χ3v) is 2.08. The van der Waals surface area contributed by atoms with Crippen LogP contribution in [0.15, 0.2) is 12.2 Å². The average molecular weight is 153 g/mol. The van der Waals surface area contributed by atoms with Gasteiger partial charge in [0, 0.05) is 6.04 Å². The molecule has 0 aliphatic carbocycles. The normalized spacial score (nSPS) is 26.6. The van der Waals surface area contributed by atoms with Gasteiger partial charge < -0.3 is 5.32 Å². The van der Waals surface area contributed by atoms with Crippen molar-refractivity contribution in [2.24, 2.45) is 5.92 Å². The molecule has 64 valence electrons. The first-order valence-corrected chi connectivity index (χ1v) is 4.71. The Hall–Kier alpha value is -0.300. The highest BCUT2D eigenvalue weighted by Crippen LogP contribution is 2.08. The van der Waals surface area contributed by atoms with Crippen LogP contribution in [0.2, 0.25) is 0 Å². The van der Waals surface area contributed by atoms with Crippen molar-refractivity contribution in [1.29, 1.82) is 0 Å². The topological polar surface area (TPSA) is 12.0 Å². The van der Waals surface area contributed by atoms with Crippen LogP contribution in [-0.2, 0) is 0 Å². The fourth-order valence-electron chi connectivity index (χ4n) is 1.40. The molecule has 1 heteroatoms. The van der Waals surface area contributed by atoms with Gasteiger partial charge in [-0.3, -0.25) is 0 Å². The monoisotopic (exact) mass is 153 g/mol. The van der Waals surface area contributed by atoms with E-state index in [9.17, 15) is 0 Å². The molecular formula is C10H19N. The van der Waals surface area contributed by atoms with Crippen molar-refractivity contribution >= 4 is 0 Å². The van der Waals surface area contributed by atoms with Crippen molar-refractivity contribution in [2.45, 2.75) is 39.2 Å². The molecule has 1 unspecified atom stereocenters. The number of hydrogen-bond donors (Lipinski definition) is 1. The van der Waals surface area contributed by atoms with Crippen molar-refractivity contribution in [3.8, 4) is 0 Å².